The lowest BCUT2D eigenvalue weighted by Gasteiger charge is -2.23. The standard InChI is InChI=1S/C12H15ClF3N/c1-11(2,8-13)17-7-9-3-5-10(6-4-9)12(14,15)16/h3-6,17H,7-8H2,1-2H3. The van der Waals surface area contributed by atoms with Crippen molar-refractivity contribution >= 4 is 11.6 Å². The van der Waals surface area contributed by atoms with Gasteiger partial charge in [0.2, 0.25) is 0 Å². The van der Waals surface area contributed by atoms with Crippen molar-refractivity contribution in [2.24, 2.45) is 0 Å². The molecule has 0 radical (unpaired) electrons. The molecule has 0 spiro atoms. The average Bonchev–Trinajstić information content (AvgIpc) is 2.26. The quantitative estimate of drug-likeness (QED) is 0.817. The van der Waals surface area contributed by atoms with Gasteiger partial charge in [0.25, 0.3) is 0 Å². The van der Waals surface area contributed by atoms with Crippen molar-refractivity contribution in [2.45, 2.75) is 32.1 Å². The zero-order valence-electron chi connectivity index (χ0n) is 9.74. The van der Waals surface area contributed by atoms with E-state index in [-0.39, 0.29) is 5.54 Å². The maximum atomic E-state index is 12.3. The largest absolute Gasteiger partial charge is 0.416 e. The first-order valence-electron chi connectivity index (χ1n) is 5.22. The van der Waals surface area contributed by atoms with Crippen LogP contribution in [0.1, 0.15) is 25.0 Å². The molecule has 1 aromatic carbocycles. The lowest BCUT2D eigenvalue weighted by molar-refractivity contribution is -0.137. The number of alkyl halides is 4. The molecule has 0 aromatic heterocycles. The first-order valence-corrected chi connectivity index (χ1v) is 5.75. The topological polar surface area (TPSA) is 12.0 Å². The van der Waals surface area contributed by atoms with Crippen LogP contribution in [0.3, 0.4) is 0 Å². The third-order valence-corrected chi connectivity index (χ3v) is 3.05. The van der Waals surface area contributed by atoms with Gasteiger partial charge in [-0.05, 0) is 31.5 Å². The third-order valence-electron chi connectivity index (χ3n) is 2.39. The number of rotatable bonds is 4. The van der Waals surface area contributed by atoms with Crippen molar-refractivity contribution < 1.29 is 13.2 Å². The summed E-state index contributed by atoms with van der Waals surface area (Å²) in [4.78, 5) is 0. The number of nitrogens with one attached hydrogen (secondary N) is 1. The molecule has 0 aliphatic heterocycles. The molecule has 0 aliphatic rings. The Labute approximate surface area is 104 Å². The smallest absolute Gasteiger partial charge is 0.307 e. The van der Waals surface area contributed by atoms with E-state index in [2.05, 4.69) is 5.32 Å². The predicted octanol–water partition coefficient (Wildman–Crippen LogP) is 3.81. The fourth-order valence-electron chi connectivity index (χ4n) is 1.20. The molecule has 1 aromatic rings. The van der Waals surface area contributed by atoms with Crippen molar-refractivity contribution in [3.05, 3.63) is 35.4 Å². The maximum absolute atomic E-state index is 12.3. The van der Waals surface area contributed by atoms with Crippen LogP contribution < -0.4 is 5.32 Å². The summed E-state index contributed by atoms with van der Waals surface area (Å²) in [7, 11) is 0. The van der Waals surface area contributed by atoms with Crippen LogP contribution in [0.15, 0.2) is 24.3 Å². The number of halogens is 4. The molecule has 17 heavy (non-hydrogen) atoms. The van der Waals surface area contributed by atoms with E-state index in [0.717, 1.165) is 17.7 Å². The van der Waals surface area contributed by atoms with E-state index < -0.39 is 11.7 Å². The van der Waals surface area contributed by atoms with Gasteiger partial charge in [0.05, 0.1) is 5.56 Å². The van der Waals surface area contributed by atoms with Crippen molar-refractivity contribution in [2.75, 3.05) is 5.88 Å². The molecule has 1 rings (SSSR count). The monoisotopic (exact) mass is 265 g/mol. The minimum atomic E-state index is -4.28. The van der Waals surface area contributed by atoms with Gasteiger partial charge in [0, 0.05) is 18.0 Å². The molecule has 0 amide bonds. The zero-order valence-corrected chi connectivity index (χ0v) is 10.5. The first kappa shape index (κ1) is 14.3. The van der Waals surface area contributed by atoms with Gasteiger partial charge in [0.15, 0.2) is 0 Å². The predicted molar refractivity (Wildman–Crippen MR) is 63.1 cm³/mol. The van der Waals surface area contributed by atoms with Gasteiger partial charge in [-0.1, -0.05) is 12.1 Å². The van der Waals surface area contributed by atoms with Gasteiger partial charge < -0.3 is 5.32 Å². The second-order valence-corrected chi connectivity index (χ2v) is 4.83. The molecule has 0 aliphatic carbocycles. The Hall–Kier alpha value is -0.740. The lowest BCUT2D eigenvalue weighted by atomic mass is 10.1. The van der Waals surface area contributed by atoms with E-state index in [1.54, 1.807) is 0 Å². The van der Waals surface area contributed by atoms with Gasteiger partial charge in [-0.2, -0.15) is 13.2 Å². The lowest BCUT2D eigenvalue weighted by Crippen LogP contribution is -2.40. The molecule has 1 nitrogen and oxygen atoms in total. The van der Waals surface area contributed by atoms with E-state index in [4.69, 9.17) is 11.6 Å². The van der Waals surface area contributed by atoms with Crippen LogP contribution >= 0.6 is 11.6 Å². The van der Waals surface area contributed by atoms with Crippen LogP contribution in [-0.4, -0.2) is 11.4 Å². The molecule has 1 N–H and O–H groups in total. The van der Waals surface area contributed by atoms with Crippen molar-refractivity contribution in [1.29, 1.82) is 0 Å². The van der Waals surface area contributed by atoms with Gasteiger partial charge >= 0.3 is 6.18 Å². The minimum absolute atomic E-state index is 0.232. The van der Waals surface area contributed by atoms with Crippen LogP contribution in [0.2, 0.25) is 0 Å². The highest BCUT2D eigenvalue weighted by molar-refractivity contribution is 6.18. The van der Waals surface area contributed by atoms with E-state index >= 15 is 0 Å². The van der Waals surface area contributed by atoms with Crippen LogP contribution in [0.5, 0.6) is 0 Å². The Morgan fingerprint density at radius 3 is 2.06 bits per heavy atom. The zero-order chi connectivity index (χ0) is 13.1. The molecule has 0 saturated heterocycles. The van der Waals surface area contributed by atoms with Crippen molar-refractivity contribution in [3.63, 3.8) is 0 Å². The fraction of sp³-hybridized carbons (Fsp3) is 0.500. The molecule has 0 heterocycles. The second kappa shape index (κ2) is 5.27. The third kappa shape index (κ3) is 4.56. The summed E-state index contributed by atoms with van der Waals surface area (Å²) in [5.41, 5.74) is -0.0568. The van der Waals surface area contributed by atoms with Crippen molar-refractivity contribution in [1.82, 2.24) is 5.32 Å². The number of benzene rings is 1. The van der Waals surface area contributed by atoms with E-state index in [1.165, 1.54) is 12.1 Å². The molecule has 0 saturated carbocycles. The Kier molecular flexibility index (Phi) is 4.44. The second-order valence-electron chi connectivity index (χ2n) is 4.57. The Morgan fingerprint density at radius 2 is 1.65 bits per heavy atom. The highest BCUT2D eigenvalue weighted by Gasteiger charge is 2.29. The summed E-state index contributed by atoms with van der Waals surface area (Å²) in [6, 6.07) is 5.12. The highest BCUT2D eigenvalue weighted by Crippen LogP contribution is 2.29. The minimum Gasteiger partial charge on any atom is -0.307 e. The molecule has 0 bridgehead atoms. The van der Waals surface area contributed by atoms with Crippen LogP contribution in [0, 0.1) is 0 Å². The van der Waals surface area contributed by atoms with Crippen LogP contribution in [-0.2, 0) is 12.7 Å². The van der Waals surface area contributed by atoms with E-state index in [1.807, 2.05) is 13.8 Å². The molecular formula is C12H15ClF3N. The maximum Gasteiger partial charge on any atom is 0.416 e. The van der Waals surface area contributed by atoms with Crippen LogP contribution in [0.25, 0.3) is 0 Å². The summed E-state index contributed by atoms with van der Waals surface area (Å²) in [5, 5.41) is 3.17. The van der Waals surface area contributed by atoms with E-state index in [9.17, 15) is 13.2 Å². The SMILES string of the molecule is CC(C)(CCl)NCc1ccc(C(F)(F)F)cc1. The summed E-state index contributed by atoms with van der Waals surface area (Å²) in [5.74, 6) is 0.438. The molecule has 0 fully saturated rings. The average molecular weight is 266 g/mol. The normalized spacial score (nSPS) is 12.8. The summed E-state index contributed by atoms with van der Waals surface area (Å²) >= 11 is 5.73. The van der Waals surface area contributed by atoms with Gasteiger partial charge in [0.1, 0.15) is 0 Å². The Balaban J connectivity index is 2.64. The van der Waals surface area contributed by atoms with E-state index in [0.29, 0.717) is 12.4 Å². The van der Waals surface area contributed by atoms with Crippen molar-refractivity contribution in [3.8, 4) is 0 Å². The summed E-state index contributed by atoms with van der Waals surface area (Å²) in [6.07, 6.45) is -4.28. The van der Waals surface area contributed by atoms with Gasteiger partial charge in [-0.25, -0.2) is 0 Å². The Bertz CT molecular complexity index is 357. The summed E-state index contributed by atoms with van der Waals surface area (Å²) in [6.45, 7) is 4.37. The molecule has 96 valence electrons. The number of hydrogen-bond acceptors (Lipinski definition) is 1. The summed E-state index contributed by atoms with van der Waals surface area (Å²) < 4.78 is 36.9. The molecular weight excluding hydrogens is 251 g/mol. The Morgan fingerprint density at radius 1 is 1.12 bits per heavy atom. The van der Waals surface area contributed by atoms with Crippen LogP contribution in [0.4, 0.5) is 13.2 Å². The fourth-order valence-corrected chi connectivity index (χ4v) is 1.29. The number of hydrogen-bond donors (Lipinski definition) is 1. The van der Waals surface area contributed by atoms with Gasteiger partial charge in [-0.3, -0.25) is 0 Å². The first-order chi connectivity index (χ1) is 7.74. The molecule has 0 atom stereocenters. The molecule has 0 unspecified atom stereocenters. The van der Waals surface area contributed by atoms with Gasteiger partial charge in [-0.15, -0.1) is 11.6 Å². The molecule has 5 heteroatoms. The highest BCUT2D eigenvalue weighted by atomic mass is 35.5.